The molecule has 0 aliphatic rings. The molecule has 0 spiro atoms. The van der Waals surface area contributed by atoms with Crippen LogP contribution in [0.4, 0.5) is 5.82 Å². The first-order chi connectivity index (χ1) is 7.65. The number of anilines is 1. The highest BCUT2D eigenvalue weighted by Crippen LogP contribution is 2.12. The summed E-state index contributed by atoms with van der Waals surface area (Å²) in [7, 11) is 0. The fourth-order valence-corrected chi connectivity index (χ4v) is 1.43. The van der Waals surface area contributed by atoms with Gasteiger partial charge in [-0.1, -0.05) is 18.5 Å². The van der Waals surface area contributed by atoms with Gasteiger partial charge in [0.1, 0.15) is 5.02 Å². The van der Waals surface area contributed by atoms with Gasteiger partial charge in [0.2, 0.25) is 0 Å². The molecule has 0 fully saturated rings. The van der Waals surface area contributed by atoms with Gasteiger partial charge < -0.3 is 15.4 Å². The third kappa shape index (κ3) is 3.83. The first-order valence-corrected chi connectivity index (χ1v) is 5.61. The number of hydrogen-bond acceptors (Lipinski definition) is 4. The Balaban J connectivity index is 2.38. The quantitative estimate of drug-likeness (QED) is 0.659. The minimum atomic E-state index is -0.345. The zero-order valence-electron chi connectivity index (χ0n) is 9.16. The minimum absolute atomic E-state index is 0.0812. The molecule has 0 bridgehead atoms. The smallest absolute Gasteiger partial charge is 0.271 e. The van der Waals surface area contributed by atoms with E-state index in [0.29, 0.717) is 18.3 Å². The van der Waals surface area contributed by atoms with E-state index in [1.165, 1.54) is 6.33 Å². The van der Waals surface area contributed by atoms with Crippen molar-refractivity contribution < 1.29 is 5.11 Å². The van der Waals surface area contributed by atoms with E-state index in [1.54, 1.807) is 0 Å². The normalized spacial score (nSPS) is 12.4. The summed E-state index contributed by atoms with van der Waals surface area (Å²) in [4.78, 5) is 17.4. The van der Waals surface area contributed by atoms with Gasteiger partial charge in [0.15, 0.2) is 5.82 Å². The van der Waals surface area contributed by atoms with E-state index in [-0.39, 0.29) is 17.2 Å². The number of rotatable bonds is 6. The van der Waals surface area contributed by atoms with Crippen molar-refractivity contribution in [2.24, 2.45) is 5.92 Å². The zero-order chi connectivity index (χ0) is 12.0. The van der Waals surface area contributed by atoms with Gasteiger partial charge in [0.05, 0.1) is 6.33 Å². The largest absolute Gasteiger partial charge is 0.396 e. The third-order valence-electron chi connectivity index (χ3n) is 2.27. The maximum absolute atomic E-state index is 11.1. The number of nitrogens with zero attached hydrogens (tertiary/aromatic N) is 1. The predicted molar refractivity (Wildman–Crippen MR) is 63.8 cm³/mol. The van der Waals surface area contributed by atoms with Gasteiger partial charge in [0, 0.05) is 13.2 Å². The van der Waals surface area contributed by atoms with Crippen LogP contribution in [0.15, 0.2) is 11.1 Å². The van der Waals surface area contributed by atoms with Crippen LogP contribution in [0.2, 0.25) is 5.02 Å². The van der Waals surface area contributed by atoms with Crippen LogP contribution < -0.4 is 10.9 Å². The Hall–Kier alpha value is -1.07. The van der Waals surface area contributed by atoms with Crippen LogP contribution in [0.25, 0.3) is 0 Å². The summed E-state index contributed by atoms with van der Waals surface area (Å²) in [5.41, 5.74) is -0.345. The average molecular weight is 246 g/mol. The number of aromatic amines is 1. The molecule has 0 saturated heterocycles. The highest BCUT2D eigenvalue weighted by Gasteiger charge is 2.05. The van der Waals surface area contributed by atoms with Gasteiger partial charge in [-0.3, -0.25) is 4.79 Å². The lowest BCUT2D eigenvalue weighted by Crippen LogP contribution is -2.13. The van der Waals surface area contributed by atoms with Gasteiger partial charge in [-0.2, -0.15) is 0 Å². The van der Waals surface area contributed by atoms with Crippen molar-refractivity contribution in [1.82, 2.24) is 9.97 Å². The molecule has 0 amide bonds. The van der Waals surface area contributed by atoms with E-state index in [2.05, 4.69) is 15.3 Å². The van der Waals surface area contributed by atoms with Gasteiger partial charge in [0.25, 0.3) is 5.56 Å². The second-order valence-corrected chi connectivity index (χ2v) is 4.13. The molecule has 1 atom stereocenters. The molecule has 0 saturated carbocycles. The number of aliphatic hydroxyl groups excluding tert-OH is 1. The molecule has 1 aromatic heterocycles. The van der Waals surface area contributed by atoms with E-state index >= 15 is 0 Å². The van der Waals surface area contributed by atoms with Crippen molar-refractivity contribution in [2.45, 2.75) is 19.8 Å². The lowest BCUT2D eigenvalue weighted by atomic mass is 10.1. The van der Waals surface area contributed by atoms with Crippen LogP contribution in [0, 0.1) is 5.92 Å². The van der Waals surface area contributed by atoms with Crippen LogP contribution in [-0.2, 0) is 0 Å². The summed E-state index contributed by atoms with van der Waals surface area (Å²) in [6, 6.07) is 0. The molecule has 1 aromatic rings. The Kier molecular flexibility index (Phi) is 5.28. The molecule has 16 heavy (non-hydrogen) atoms. The Morgan fingerprint density at radius 2 is 2.44 bits per heavy atom. The van der Waals surface area contributed by atoms with Gasteiger partial charge in [-0.25, -0.2) is 4.98 Å². The van der Waals surface area contributed by atoms with Gasteiger partial charge >= 0.3 is 0 Å². The highest BCUT2D eigenvalue weighted by molar-refractivity contribution is 6.32. The molecule has 0 radical (unpaired) electrons. The molecule has 6 heteroatoms. The molecule has 0 aliphatic heterocycles. The number of H-pyrrole nitrogens is 1. The summed E-state index contributed by atoms with van der Waals surface area (Å²) < 4.78 is 0. The van der Waals surface area contributed by atoms with Crippen LogP contribution >= 0.6 is 11.6 Å². The summed E-state index contributed by atoms with van der Waals surface area (Å²) in [6.45, 7) is 2.86. The first-order valence-electron chi connectivity index (χ1n) is 5.23. The number of nitrogens with one attached hydrogen (secondary N) is 2. The number of halogens is 1. The molecule has 3 N–H and O–H groups in total. The van der Waals surface area contributed by atoms with Gasteiger partial charge in [-0.05, 0) is 18.8 Å². The van der Waals surface area contributed by atoms with Crippen LogP contribution in [0.3, 0.4) is 0 Å². The number of aliphatic hydroxyl groups is 1. The van der Waals surface area contributed by atoms with Crippen molar-refractivity contribution >= 4 is 17.4 Å². The molecule has 1 rings (SSSR count). The van der Waals surface area contributed by atoms with Crippen LogP contribution in [0.5, 0.6) is 0 Å². The van der Waals surface area contributed by atoms with E-state index in [1.807, 2.05) is 6.92 Å². The summed E-state index contributed by atoms with van der Waals surface area (Å²) in [5.74, 6) is 0.700. The monoisotopic (exact) mass is 245 g/mol. The van der Waals surface area contributed by atoms with Crippen molar-refractivity contribution in [3.05, 3.63) is 21.7 Å². The van der Waals surface area contributed by atoms with E-state index in [4.69, 9.17) is 16.7 Å². The third-order valence-corrected chi connectivity index (χ3v) is 2.63. The maximum atomic E-state index is 11.1. The van der Waals surface area contributed by atoms with Crippen molar-refractivity contribution in [2.75, 3.05) is 18.5 Å². The van der Waals surface area contributed by atoms with Gasteiger partial charge in [-0.15, -0.1) is 0 Å². The second-order valence-electron chi connectivity index (χ2n) is 3.75. The molecular formula is C10H16ClN3O2. The lowest BCUT2D eigenvalue weighted by Gasteiger charge is -2.09. The number of aromatic nitrogens is 2. The van der Waals surface area contributed by atoms with E-state index < -0.39 is 0 Å². The van der Waals surface area contributed by atoms with Crippen molar-refractivity contribution in [1.29, 1.82) is 0 Å². The molecule has 0 aromatic carbocycles. The Labute approximate surface area is 98.9 Å². The Bertz CT molecular complexity index is 381. The molecule has 0 aliphatic carbocycles. The fraction of sp³-hybridized carbons (Fsp3) is 0.600. The van der Waals surface area contributed by atoms with Crippen LogP contribution in [-0.4, -0.2) is 28.2 Å². The summed E-state index contributed by atoms with van der Waals surface area (Å²) in [6.07, 6.45) is 3.13. The summed E-state index contributed by atoms with van der Waals surface area (Å²) >= 11 is 5.75. The fourth-order valence-electron chi connectivity index (χ4n) is 1.25. The SMILES string of the molecule is CC(CO)CCCNc1nc[nH]c(=O)c1Cl. The minimum Gasteiger partial charge on any atom is -0.396 e. The molecular weight excluding hydrogens is 230 g/mol. The molecule has 90 valence electrons. The number of hydrogen-bond donors (Lipinski definition) is 3. The van der Waals surface area contributed by atoms with E-state index in [0.717, 1.165) is 12.8 Å². The van der Waals surface area contributed by atoms with Crippen molar-refractivity contribution in [3.63, 3.8) is 0 Å². The molecule has 1 unspecified atom stereocenters. The highest BCUT2D eigenvalue weighted by atomic mass is 35.5. The zero-order valence-corrected chi connectivity index (χ0v) is 9.92. The Morgan fingerprint density at radius 3 is 3.12 bits per heavy atom. The lowest BCUT2D eigenvalue weighted by molar-refractivity contribution is 0.229. The molecule has 5 nitrogen and oxygen atoms in total. The van der Waals surface area contributed by atoms with E-state index in [9.17, 15) is 4.79 Å². The topological polar surface area (TPSA) is 78.0 Å². The standard InChI is InChI=1S/C10H16ClN3O2/c1-7(5-15)3-2-4-12-9-8(11)10(16)14-6-13-9/h6-7,15H,2-5H2,1H3,(H2,12,13,14,16). The van der Waals surface area contributed by atoms with Crippen LogP contribution in [0.1, 0.15) is 19.8 Å². The second kappa shape index (κ2) is 6.50. The first kappa shape index (κ1) is 13.0. The average Bonchev–Trinajstić information content (AvgIpc) is 2.29. The predicted octanol–water partition coefficient (Wildman–Crippen LogP) is 1.24. The van der Waals surface area contributed by atoms with Crippen molar-refractivity contribution in [3.8, 4) is 0 Å². The maximum Gasteiger partial charge on any atom is 0.271 e. The summed E-state index contributed by atoms with van der Waals surface area (Å²) in [5, 5.41) is 11.9. The molecule has 1 heterocycles. The Morgan fingerprint density at radius 1 is 1.69 bits per heavy atom.